The number of carbonyl (C=O) groups excluding carboxylic acids is 1. The Bertz CT molecular complexity index is 782. The topological polar surface area (TPSA) is 70.2 Å². The number of benzene rings is 1. The van der Waals surface area contributed by atoms with E-state index in [9.17, 15) is 13.6 Å². The summed E-state index contributed by atoms with van der Waals surface area (Å²) < 4.78 is 31.8. The Morgan fingerprint density at radius 1 is 1.43 bits per heavy atom. The second kappa shape index (κ2) is 9.32. The van der Waals surface area contributed by atoms with Crippen molar-refractivity contribution in [3.8, 4) is 0 Å². The number of alkyl halides is 2. The number of methoxy groups -OCH3 is 1. The fourth-order valence-corrected chi connectivity index (χ4v) is 3.81. The molecule has 28 heavy (non-hydrogen) atoms. The Kier molecular flexibility index (Phi) is 6.83. The SMILES string of the molecule is COC(=O)C(CCC(F)C(C)F)N1CCCC(Nc2ccc3[nH]ncc3c2)C1. The van der Waals surface area contributed by atoms with E-state index in [1.54, 1.807) is 6.20 Å². The number of carbonyl (C=O) groups is 1. The van der Waals surface area contributed by atoms with Crippen LogP contribution in [-0.4, -0.2) is 65.7 Å². The van der Waals surface area contributed by atoms with Crippen molar-refractivity contribution in [3.05, 3.63) is 24.4 Å². The van der Waals surface area contributed by atoms with Crippen molar-refractivity contribution >= 4 is 22.6 Å². The van der Waals surface area contributed by atoms with Gasteiger partial charge < -0.3 is 10.1 Å². The van der Waals surface area contributed by atoms with Crippen molar-refractivity contribution in [2.24, 2.45) is 0 Å². The predicted octanol–water partition coefficient (Wildman–Crippen LogP) is 3.46. The molecule has 1 fully saturated rings. The summed E-state index contributed by atoms with van der Waals surface area (Å²) in [6.45, 7) is 2.58. The molecule has 0 saturated carbocycles. The van der Waals surface area contributed by atoms with Crippen LogP contribution in [0.25, 0.3) is 10.9 Å². The van der Waals surface area contributed by atoms with E-state index in [1.165, 1.54) is 14.0 Å². The van der Waals surface area contributed by atoms with Crippen molar-refractivity contribution in [1.29, 1.82) is 0 Å². The number of ether oxygens (including phenoxy) is 1. The largest absolute Gasteiger partial charge is 0.468 e. The maximum Gasteiger partial charge on any atom is 0.323 e. The Balaban J connectivity index is 1.63. The zero-order valence-corrected chi connectivity index (χ0v) is 16.3. The summed E-state index contributed by atoms with van der Waals surface area (Å²) in [6, 6.07) is 5.61. The first-order chi connectivity index (χ1) is 13.5. The quantitative estimate of drug-likeness (QED) is 0.671. The molecule has 2 aromatic rings. The summed E-state index contributed by atoms with van der Waals surface area (Å²) in [5, 5.41) is 11.5. The molecule has 8 heteroatoms. The molecule has 1 aromatic heterocycles. The fraction of sp³-hybridized carbons (Fsp3) is 0.600. The molecule has 2 heterocycles. The molecule has 1 aliphatic rings. The van der Waals surface area contributed by atoms with Gasteiger partial charge >= 0.3 is 5.97 Å². The third-order valence-electron chi connectivity index (χ3n) is 5.39. The Labute approximate surface area is 163 Å². The van der Waals surface area contributed by atoms with Crippen molar-refractivity contribution in [2.75, 3.05) is 25.5 Å². The summed E-state index contributed by atoms with van der Waals surface area (Å²) in [7, 11) is 1.33. The number of piperidine rings is 1. The number of esters is 1. The Hall–Kier alpha value is -2.22. The molecule has 0 radical (unpaired) electrons. The highest BCUT2D eigenvalue weighted by Crippen LogP contribution is 2.23. The number of rotatable bonds is 8. The van der Waals surface area contributed by atoms with E-state index in [-0.39, 0.29) is 24.9 Å². The first-order valence-electron chi connectivity index (χ1n) is 9.77. The third-order valence-corrected chi connectivity index (χ3v) is 5.39. The van der Waals surface area contributed by atoms with E-state index in [2.05, 4.69) is 15.5 Å². The van der Waals surface area contributed by atoms with Crippen LogP contribution in [0.15, 0.2) is 24.4 Å². The van der Waals surface area contributed by atoms with Crippen molar-refractivity contribution < 1.29 is 18.3 Å². The molecule has 0 aliphatic carbocycles. The zero-order chi connectivity index (χ0) is 20.1. The Morgan fingerprint density at radius 3 is 3.00 bits per heavy atom. The molecule has 1 aliphatic heterocycles. The van der Waals surface area contributed by atoms with Crippen LogP contribution in [0.2, 0.25) is 0 Å². The molecular weight excluding hydrogens is 366 g/mol. The average molecular weight is 394 g/mol. The minimum absolute atomic E-state index is 0.00316. The van der Waals surface area contributed by atoms with Gasteiger partial charge in [0.25, 0.3) is 0 Å². The lowest BCUT2D eigenvalue weighted by molar-refractivity contribution is -0.148. The molecule has 1 aromatic carbocycles. The minimum Gasteiger partial charge on any atom is -0.468 e. The van der Waals surface area contributed by atoms with Crippen LogP contribution in [-0.2, 0) is 9.53 Å². The van der Waals surface area contributed by atoms with Crippen molar-refractivity contribution in [1.82, 2.24) is 15.1 Å². The molecule has 4 unspecified atom stereocenters. The van der Waals surface area contributed by atoms with Gasteiger partial charge in [0.2, 0.25) is 0 Å². The molecule has 4 atom stereocenters. The van der Waals surface area contributed by atoms with Gasteiger partial charge in [-0.1, -0.05) is 0 Å². The van der Waals surface area contributed by atoms with Gasteiger partial charge in [-0.3, -0.25) is 14.8 Å². The highest BCUT2D eigenvalue weighted by Gasteiger charge is 2.32. The van der Waals surface area contributed by atoms with Crippen molar-refractivity contribution in [3.63, 3.8) is 0 Å². The van der Waals surface area contributed by atoms with E-state index in [0.29, 0.717) is 6.54 Å². The minimum atomic E-state index is -1.56. The highest BCUT2D eigenvalue weighted by atomic mass is 19.2. The number of nitrogens with zero attached hydrogens (tertiary/aromatic N) is 2. The predicted molar refractivity (Wildman–Crippen MR) is 105 cm³/mol. The standard InChI is InChI=1S/C20H28F2N4O2/c1-13(21)17(22)6-8-19(20(27)28-2)26-9-3-4-16(12-26)24-15-5-7-18-14(10-15)11-23-25-18/h5,7,10-11,13,16-17,19,24H,3-4,6,8-9,12H2,1-2H3,(H,23,25). The average Bonchev–Trinajstić information content (AvgIpc) is 3.15. The summed E-state index contributed by atoms with van der Waals surface area (Å²) in [4.78, 5) is 14.3. The number of hydrogen-bond acceptors (Lipinski definition) is 5. The lowest BCUT2D eigenvalue weighted by Crippen LogP contribution is -2.50. The summed E-state index contributed by atoms with van der Waals surface area (Å²) >= 11 is 0. The summed E-state index contributed by atoms with van der Waals surface area (Å²) in [6.07, 6.45) is 0.817. The summed E-state index contributed by atoms with van der Waals surface area (Å²) in [5.74, 6) is -0.390. The summed E-state index contributed by atoms with van der Waals surface area (Å²) in [5.41, 5.74) is 1.97. The van der Waals surface area contributed by atoms with Gasteiger partial charge in [0.1, 0.15) is 18.4 Å². The molecular formula is C20H28F2N4O2. The van der Waals surface area contributed by atoms with Gasteiger partial charge in [0.05, 0.1) is 18.8 Å². The molecule has 0 spiro atoms. The second-order valence-electron chi connectivity index (χ2n) is 7.46. The van der Waals surface area contributed by atoms with Crippen LogP contribution in [0.3, 0.4) is 0 Å². The molecule has 0 bridgehead atoms. The van der Waals surface area contributed by atoms with Gasteiger partial charge in [-0.2, -0.15) is 5.10 Å². The van der Waals surface area contributed by atoms with Gasteiger partial charge in [0.15, 0.2) is 0 Å². The van der Waals surface area contributed by atoms with E-state index >= 15 is 0 Å². The smallest absolute Gasteiger partial charge is 0.323 e. The van der Waals surface area contributed by atoms with Crippen LogP contribution in [0.1, 0.15) is 32.6 Å². The number of halogens is 2. The molecule has 6 nitrogen and oxygen atoms in total. The van der Waals surface area contributed by atoms with Crippen LogP contribution in [0, 0.1) is 0 Å². The van der Waals surface area contributed by atoms with Gasteiger partial charge in [-0.15, -0.1) is 0 Å². The monoisotopic (exact) mass is 394 g/mol. The highest BCUT2D eigenvalue weighted by molar-refractivity contribution is 5.81. The molecule has 154 valence electrons. The molecule has 2 N–H and O–H groups in total. The van der Waals surface area contributed by atoms with Gasteiger partial charge in [0, 0.05) is 23.7 Å². The van der Waals surface area contributed by atoms with Gasteiger partial charge in [-0.05, 0) is 57.4 Å². The van der Waals surface area contributed by atoms with Crippen LogP contribution in [0.4, 0.5) is 14.5 Å². The number of hydrogen-bond donors (Lipinski definition) is 2. The lowest BCUT2D eigenvalue weighted by atomic mass is 9.99. The van der Waals surface area contributed by atoms with E-state index in [0.717, 1.165) is 36.0 Å². The number of aromatic amines is 1. The van der Waals surface area contributed by atoms with E-state index < -0.39 is 18.4 Å². The zero-order valence-electron chi connectivity index (χ0n) is 16.3. The van der Waals surface area contributed by atoms with E-state index in [1.807, 2.05) is 23.1 Å². The van der Waals surface area contributed by atoms with Crippen LogP contribution >= 0.6 is 0 Å². The van der Waals surface area contributed by atoms with Crippen molar-refractivity contribution in [2.45, 2.75) is 57.0 Å². The van der Waals surface area contributed by atoms with Crippen LogP contribution in [0.5, 0.6) is 0 Å². The second-order valence-corrected chi connectivity index (χ2v) is 7.46. The fourth-order valence-electron chi connectivity index (χ4n) is 3.81. The number of anilines is 1. The normalized spacial score (nSPS) is 21.2. The molecule has 0 amide bonds. The molecule has 3 rings (SSSR count). The lowest BCUT2D eigenvalue weighted by Gasteiger charge is -2.37. The Morgan fingerprint density at radius 2 is 2.25 bits per heavy atom. The first-order valence-corrected chi connectivity index (χ1v) is 9.77. The number of likely N-dealkylation sites (tertiary alicyclic amines) is 1. The first kappa shape index (κ1) is 20.5. The van der Waals surface area contributed by atoms with Gasteiger partial charge in [-0.25, -0.2) is 8.78 Å². The third kappa shape index (κ3) is 4.98. The number of H-pyrrole nitrogens is 1. The van der Waals surface area contributed by atoms with Crippen LogP contribution < -0.4 is 5.32 Å². The van der Waals surface area contributed by atoms with E-state index in [4.69, 9.17) is 4.74 Å². The maximum absolute atomic E-state index is 13.7. The molecule has 1 saturated heterocycles. The number of aromatic nitrogens is 2. The number of fused-ring (bicyclic) bond motifs is 1. The number of nitrogens with one attached hydrogen (secondary N) is 2. The maximum atomic E-state index is 13.7.